The van der Waals surface area contributed by atoms with E-state index in [1.165, 1.54) is 0 Å². The van der Waals surface area contributed by atoms with Crippen LogP contribution in [0.1, 0.15) is 20.3 Å². The van der Waals surface area contributed by atoms with Gasteiger partial charge in [0.15, 0.2) is 5.58 Å². The normalized spacial score (nSPS) is 10.9. The summed E-state index contributed by atoms with van der Waals surface area (Å²) in [5.74, 6) is -0.545. The predicted molar refractivity (Wildman–Crippen MR) is 77.6 cm³/mol. The number of H-pyrrole nitrogens is 1. The number of nitrogens with two attached hydrogens (primary N) is 1. The van der Waals surface area contributed by atoms with Crippen molar-refractivity contribution in [1.29, 1.82) is 0 Å². The van der Waals surface area contributed by atoms with E-state index in [2.05, 4.69) is 15.6 Å². The highest BCUT2D eigenvalue weighted by molar-refractivity contribution is 5.85. The van der Waals surface area contributed by atoms with Crippen molar-refractivity contribution in [3.8, 4) is 0 Å². The molecule has 1 heterocycles. The van der Waals surface area contributed by atoms with Crippen LogP contribution in [0.2, 0.25) is 0 Å². The molecule has 2 rings (SSSR count). The highest BCUT2D eigenvalue weighted by Crippen LogP contribution is 2.24. The third-order valence-corrected chi connectivity index (χ3v) is 2.71. The summed E-state index contributed by atoms with van der Waals surface area (Å²) in [6.45, 7) is 4.27. The molecule has 0 aliphatic carbocycles. The molecular weight excluding hydrogens is 260 g/mol. The Morgan fingerprint density at radius 1 is 1.45 bits per heavy atom. The molecule has 1 aromatic carbocycles. The van der Waals surface area contributed by atoms with Crippen LogP contribution in [0, 0.1) is 0 Å². The fourth-order valence-corrected chi connectivity index (χ4v) is 1.87. The second-order valence-electron chi connectivity index (χ2n) is 4.85. The molecule has 0 radical (unpaired) electrons. The molecule has 0 unspecified atom stereocenters. The summed E-state index contributed by atoms with van der Waals surface area (Å²) in [4.78, 5) is 25.1. The van der Waals surface area contributed by atoms with Crippen LogP contribution in [0.3, 0.4) is 0 Å². The van der Waals surface area contributed by atoms with Crippen molar-refractivity contribution in [1.82, 2.24) is 10.3 Å². The summed E-state index contributed by atoms with van der Waals surface area (Å²) in [5.41, 5.74) is 7.96. The van der Waals surface area contributed by atoms with Gasteiger partial charge >= 0.3 is 5.76 Å². The minimum atomic E-state index is -0.520. The highest BCUT2D eigenvalue weighted by atomic mass is 16.4. The Bertz CT molecular complexity index is 672. The zero-order valence-electron chi connectivity index (χ0n) is 11.4. The van der Waals surface area contributed by atoms with Crippen LogP contribution in [-0.2, 0) is 4.79 Å². The number of carbonyl (C=O) groups is 1. The molecule has 108 valence electrons. The van der Waals surface area contributed by atoms with Gasteiger partial charge in [-0.15, -0.1) is 0 Å². The molecule has 2 aromatic rings. The molecule has 0 aliphatic heterocycles. The minimum absolute atomic E-state index is 0.0242. The molecule has 0 saturated heterocycles. The second kappa shape index (κ2) is 5.68. The zero-order valence-corrected chi connectivity index (χ0v) is 11.4. The number of carbonyl (C=O) groups excluding carboxylic acids is 1. The Kier molecular flexibility index (Phi) is 3.97. The van der Waals surface area contributed by atoms with E-state index in [-0.39, 0.29) is 11.9 Å². The van der Waals surface area contributed by atoms with Crippen molar-refractivity contribution >= 4 is 28.4 Å². The fourth-order valence-electron chi connectivity index (χ4n) is 1.87. The first-order valence-corrected chi connectivity index (χ1v) is 6.41. The van der Waals surface area contributed by atoms with Crippen LogP contribution in [0.4, 0.5) is 11.4 Å². The van der Waals surface area contributed by atoms with Gasteiger partial charge < -0.3 is 20.8 Å². The summed E-state index contributed by atoms with van der Waals surface area (Å²) < 4.78 is 4.91. The van der Waals surface area contributed by atoms with Gasteiger partial charge in [-0.1, -0.05) is 0 Å². The average Bonchev–Trinajstić information content (AvgIpc) is 2.67. The lowest BCUT2D eigenvalue weighted by Crippen LogP contribution is -2.31. The molecule has 0 aliphatic rings. The zero-order chi connectivity index (χ0) is 14.7. The van der Waals surface area contributed by atoms with Gasteiger partial charge in [0, 0.05) is 25.1 Å². The molecule has 20 heavy (non-hydrogen) atoms. The van der Waals surface area contributed by atoms with Gasteiger partial charge in [-0.25, -0.2) is 4.79 Å². The lowest BCUT2D eigenvalue weighted by molar-refractivity contribution is -0.121. The van der Waals surface area contributed by atoms with E-state index in [9.17, 15) is 9.59 Å². The summed E-state index contributed by atoms with van der Waals surface area (Å²) in [7, 11) is 0. The van der Waals surface area contributed by atoms with Gasteiger partial charge in [0.1, 0.15) is 0 Å². The van der Waals surface area contributed by atoms with Crippen molar-refractivity contribution in [3.63, 3.8) is 0 Å². The van der Waals surface area contributed by atoms with E-state index in [4.69, 9.17) is 10.2 Å². The number of rotatable bonds is 5. The third kappa shape index (κ3) is 3.31. The largest absolute Gasteiger partial charge is 0.417 e. The predicted octanol–water partition coefficient (Wildman–Crippen LogP) is 1.03. The number of nitrogen functional groups attached to an aromatic ring is 1. The van der Waals surface area contributed by atoms with Crippen LogP contribution in [0.15, 0.2) is 21.3 Å². The van der Waals surface area contributed by atoms with Gasteiger partial charge in [-0.3, -0.25) is 9.78 Å². The maximum atomic E-state index is 11.5. The molecule has 0 atom stereocenters. The molecule has 0 bridgehead atoms. The van der Waals surface area contributed by atoms with Crippen molar-refractivity contribution in [2.45, 2.75) is 26.3 Å². The average molecular weight is 278 g/mol. The van der Waals surface area contributed by atoms with Crippen molar-refractivity contribution in [3.05, 3.63) is 22.7 Å². The lowest BCUT2D eigenvalue weighted by atomic mass is 10.2. The number of hydrogen-bond acceptors (Lipinski definition) is 5. The Morgan fingerprint density at radius 2 is 2.20 bits per heavy atom. The molecule has 5 N–H and O–H groups in total. The van der Waals surface area contributed by atoms with E-state index >= 15 is 0 Å². The monoisotopic (exact) mass is 278 g/mol. The molecule has 0 fully saturated rings. The number of benzene rings is 1. The minimum Gasteiger partial charge on any atom is -0.408 e. The number of aromatic amines is 1. The van der Waals surface area contributed by atoms with Gasteiger partial charge in [0.25, 0.3) is 0 Å². The van der Waals surface area contributed by atoms with Crippen molar-refractivity contribution in [2.75, 3.05) is 17.6 Å². The van der Waals surface area contributed by atoms with E-state index in [1.807, 2.05) is 13.8 Å². The number of fused-ring (bicyclic) bond motifs is 1. The molecular formula is C13H18N4O3. The molecule has 7 heteroatoms. The Hall–Kier alpha value is -2.44. The first-order valence-electron chi connectivity index (χ1n) is 6.41. The highest BCUT2D eigenvalue weighted by Gasteiger charge is 2.07. The first kappa shape index (κ1) is 14.0. The third-order valence-electron chi connectivity index (χ3n) is 2.71. The number of anilines is 2. The Morgan fingerprint density at radius 3 is 2.90 bits per heavy atom. The summed E-state index contributed by atoms with van der Waals surface area (Å²) in [6.07, 6.45) is 0.345. The van der Waals surface area contributed by atoms with Crippen molar-refractivity contribution < 1.29 is 9.21 Å². The Balaban J connectivity index is 2.01. The van der Waals surface area contributed by atoms with Gasteiger partial charge in [0.2, 0.25) is 5.91 Å². The topological polar surface area (TPSA) is 113 Å². The van der Waals surface area contributed by atoms with Crippen LogP contribution < -0.4 is 22.1 Å². The van der Waals surface area contributed by atoms with E-state index in [0.717, 1.165) is 0 Å². The van der Waals surface area contributed by atoms with Gasteiger partial charge in [-0.2, -0.15) is 0 Å². The van der Waals surface area contributed by atoms with Crippen LogP contribution >= 0.6 is 0 Å². The van der Waals surface area contributed by atoms with E-state index < -0.39 is 5.76 Å². The van der Waals surface area contributed by atoms with Crippen LogP contribution in [0.5, 0.6) is 0 Å². The second-order valence-corrected chi connectivity index (χ2v) is 4.85. The Labute approximate surface area is 115 Å². The van der Waals surface area contributed by atoms with Crippen LogP contribution in [0.25, 0.3) is 11.1 Å². The number of nitrogens with one attached hydrogen (secondary N) is 3. The van der Waals surface area contributed by atoms with Crippen LogP contribution in [-0.4, -0.2) is 23.5 Å². The first-order chi connectivity index (χ1) is 9.45. The standard InChI is InChI=1S/C13H18N4O3/c1-7(2)16-12(18)3-4-15-9-6-10-11(5-8(9)14)20-13(19)17-10/h5-7,15H,3-4,14H2,1-2H3,(H,16,18)(H,17,19). The maximum Gasteiger partial charge on any atom is 0.417 e. The van der Waals surface area contributed by atoms with E-state index in [0.29, 0.717) is 35.4 Å². The number of oxazole rings is 1. The summed E-state index contributed by atoms with van der Waals surface area (Å²) in [5, 5.41) is 5.87. The summed E-state index contributed by atoms with van der Waals surface area (Å²) >= 11 is 0. The van der Waals surface area contributed by atoms with E-state index in [1.54, 1.807) is 12.1 Å². The fraction of sp³-hybridized carbons (Fsp3) is 0.385. The number of amides is 1. The van der Waals surface area contributed by atoms with Gasteiger partial charge in [0.05, 0.1) is 16.9 Å². The SMILES string of the molecule is CC(C)NC(=O)CCNc1cc2[nH]c(=O)oc2cc1N. The molecule has 0 saturated carbocycles. The summed E-state index contributed by atoms with van der Waals surface area (Å²) in [6, 6.07) is 3.39. The number of aromatic nitrogens is 1. The van der Waals surface area contributed by atoms with Gasteiger partial charge in [-0.05, 0) is 19.9 Å². The molecule has 1 aromatic heterocycles. The quantitative estimate of drug-likeness (QED) is 0.610. The maximum absolute atomic E-state index is 11.5. The molecule has 7 nitrogen and oxygen atoms in total. The lowest BCUT2D eigenvalue weighted by Gasteiger charge is -2.11. The molecule has 1 amide bonds. The number of hydrogen-bond donors (Lipinski definition) is 4. The molecule has 0 spiro atoms. The smallest absolute Gasteiger partial charge is 0.408 e. The van der Waals surface area contributed by atoms with Crippen molar-refractivity contribution in [2.24, 2.45) is 0 Å².